The van der Waals surface area contributed by atoms with Gasteiger partial charge in [0.2, 0.25) is 0 Å². The topological polar surface area (TPSA) is 148 Å². The zero-order valence-corrected chi connectivity index (χ0v) is 21.0. The molecule has 8 nitrogen and oxygen atoms in total. The lowest BCUT2D eigenvalue weighted by molar-refractivity contribution is -0.275. The molecule has 13 atom stereocenters. The van der Waals surface area contributed by atoms with Crippen LogP contribution in [-0.2, 0) is 9.53 Å². The number of carbonyl (C=O) groups is 1. The van der Waals surface area contributed by atoms with E-state index in [1.807, 2.05) is 0 Å². The maximum atomic E-state index is 12.4. The Labute approximate surface area is 207 Å². The third-order valence-electron chi connectivity index (χ3n) is 11.1. The first-order chi connectivity index (χ1) is 16.4. The van der Waals surface area contributed by atoms with Crippen molar-refractivity contribution in [3.05, 3.63) is 11.6 Å². The third kappa shape index (κ3) is 3.62. The lowest BCUT2D eigenvalue weighted by Gasteiger charge is -2.60. The van der Waals surface area contributed by atoms with Crippen molar-refractivity contribution < 1.29 is 40.2 Å². The van der Waals surface area contributed by atoms with Gasteiger partial charge in [0.1, 0.15) is 36.3 Å². The molecule has 35 heavy (non-hydrogen) atoms. The summed E-state index contributed by atoms with van der Waals surface area (Å²) in [4.78, 5) is 12.4. The fourth-order valence-electron chi connectivity index (χ4n) is 9.16. The van der Waals surface area contributed by atoms with Gasteiger partial charge in [-0.2, -0.15) is 0 Å². The summed E-state index contributed by atoms with van der Waals surface area (Å²) in [7, 11) is 0. The number of aliphatic hydroxyl groups excluding tert-OH is 5. The van der Waals surface area contributed by atoms with E-state index < -0.39 is 48.8 Å². The molecule has 0 amide bonds. The Kier molecular flexibility index (Phi) is 6.32. The van der Waals surface area contributed by atoms with Crippen LogP contribution < -0.4 is 0 Å². The number of ether oxygens (including phenoxy) is 1. The maximum Gasteiger partial charge on any atom is 0.133 e. The Morgan fingerprint density at radius 3 is 2.46 bits per heavy atom. The van der Waals surface area contributed by atoms with E-state index in [4.69, 9.17) is 4.74 Å². The molecule has 4 fully saturated rings. The summed E-state index contributed by atoms with van der Waals surface area (Å²) in [5, 5.41) is 63.5. The van der Waals surface area contributed by atoms with Gasteiger partial charge in [-0.05, 0) is 74.0 Å². The third-order valence-corrected chi connectivity index (χ3v) is 11.1. The second-order valence-electron chi connectivity index (χ2n) is 12.7. The van der Waals surface area contributed by atoms with Gasteiger partial charge in [-0.1, -0.05) is 25.5 Å². The molecule has 8 heteroatoms. The van der Waals surface area contributed by atoms with Crippen molar-refractivity contribution in [1.82, 2.24) is 0 Å². The van der Waals surface area contributed by atoms with Gasteiger partial charge < -0.3 is 35.4 Å². The zero-order chi connectivity index (χ0) is 25.5. The average Bonchev–Trinajstić information content (AvgIpc) is 3.09. The summed E-state index contributed by atoms with van der Waals surface area (Å²) in [5.74, 6) is 0.772. The van der Waals surface area contributed by atoms with Gasteiger partial charge >= 0.3 is 0 Å². The molecule has 0 bridgehead atoms. The van der Waals surface area contributed by atoms with Crippen molar-refractivity contribution >= 4 is 5.78 Å². The van der Waals surface area contributed by atoms with E-state index in [2.05, 4.69) is 19.9 Å². The summed E-state index contributed by atoms with van der Waals surface area (Å²) in [6.07, 6.45) is -0.375. The highest BCUT2D eigenvalue weighted by molar-refractivity contribution is 5.79. The van der Waals surface area contributed by atoms with Crippen LogP contribution in [0.3, 0.4) is 0 Å². The summed E-state index contributed by atoms with van der Waals surface area (Å²) in [6.45, 7) is 5.56. The monoisotopic (exact) mass is 494 g/mol. The molecule has 0 radical (unpaired) electrons. The number of allylic oxidation sites excluding steroid dienone is 1. The molecular weight excluding hydrogens is 452 g/mol. The number of carbonyl (C=O) groups excluding carboxylic acids is 1. The number of aliphatic hydroxyl groups is 6. The molecule has 5 aliphatic rings. The zero-order valence-electron chi connectivity index (χ0n) is 21.0. The van der Waals surface area contributed by atoms with Crippen molar-refractivity contribution in [3.8, 4) is 0 Å². The molecule has 3 saturated carbocycles. The van der Waals surface area contributed by atoms with Crippen LogP contribution in [0.5, 0.6) is 0 Å². The minimum absolute atomic E-state index is 0.0797. The van der Waals surface area contributed by atoms with Gasteiger partial charge in [-0.3, -0.25) is 4.79 Å². The van der Waals surface area contributed by atoms with Gasteiger partial charge in [0.25, 0.3) is 0 Å². The first-order valence-electron chi connectivity index (χ1n) is 13.3. The molecule has 0 aromatic rings. The van der Waals surface area contributed by atoms with Gasteiger partial charge in [-0.25, -0.2) is 0 Å². The van der Waals surface area contributed by atoms with E-state index in [1.165, 1.54) is 0 Å². The first-order valence-corrected chi connectivity index (χ1v) is 13.3. The Morgan fingerprint density at radius 2 is 1.80 bits per heavy atom. The van der Waals surface area contributed by atoms with Gasteiger partial charge in [0.05, 0.1) is 18.3 Å². The lowest BCUT2D eigenvalue weighted by Crippen LogP contribution is -2.66. The highest BCUT2D eigenvalue weighted by Gasteiger charge is 2.64. The SMILES string of the molecule is CC(=O)[C@H]1CC(O)[C@H]2[C@@H]3CC=C4CC(O)(C5O[C@H](CO)[C@@H](O)[C@H](O)[C@H]5O)CC[C@]4(C)[C@H]3CC[C@]12C. The number of ketones is 1. The largest absolute Gasteiger partial charge is 0.394 e. The van der Waals surface area contributed by atoms with Crippen LogP contribution in [0.1, 0.15) is 65.7 Å². The van der Waals surface area contributed by atoms with Gasteiger partial charge in [0.15, 0.2) is 0 Å². The molecule has 0 spiro atoms. The molecular formula is C27H42O8. The first kappa shape index (κ1) is 25.8. The Balaban J connectivity index is 1.41. The second kappa shape index (κ2) is 8.58. The normalized spacial score (nSPS) is 56.0. The van der Waals surface area contributed by atoms with Crippen LogP contribution in [0.4, 0.5) is 0 Å². The van der Waals surface area contributed by atoms with Crippen LogP contribution in [0.2, 0.25) is 0 Å². The van der Waals surface area contributed by atoms with E-state index in [1.54, 1.807) is 6.92 Å². The average molecular weight is 495 g/mol. The lowest BCUT2D eigenvalue weighted by atomic mass is 9.46. The number of hydrogen-bond donors (Lipinski definition) is 6. The van der Waals surface area contributed by atoms with Crippen molar-refractivity contribution in [2.45, 2.75) is 108 Å². The molecule has 0 aromatic heterocycles. The fourth-order valence-corrected chi connectivity index (χ4v) is 9.16. The molecule has 1 saturated heterocycles. The van der Waals surface area contributed by atoms with Crippen LogP contribution in [-0.4, -0.2) is 85.3 Å². The minimum atomic E-state index is -1.51. The maximum absolute atomic E-state index is 12.4. The van der Waals surface area contributed by atoms with Gasteiger partial charge in [0, 0.05) is 12.3 Å². The van der Waals surface area contributed by atoms with Crippen molar-refractivity contribution in [2.75, 3.05) is 6.61 Å². The highest BCUT2D eigenvalue weighted by atomic mass is 16.6. The number of fused-ring (bicyclic) bond motifs is 5. The van der Waals surface area contributed by atoms with E-state index in [9.17, 15) is 35.4 Å². The quantitative estimate of drug-likeness (QED) is 0.314. The second-order valence-corrected chi connectivity index (χ2v) is 12.7. The van der Waals surface area contributed by atoms with Crippen LogP contribution in [0.25, 0.3) is 0 Å². The standard InChI is InChI=1S/C27H42O8/c1-13(29)17-10-18(30)20-15-5-4-14-11-27(34,24-23(33)22(32)21(31)19(12-28)35-24)9-8-25(14,2)16(15)6-7-26(17,20)3/h4,15-24,28,30-34H,5-12H2,1-3H3/t15-,16+,17-,18?,19-,20-,21-,22+,23-,24?,25+,26-,27?/m1/s1. The van der Waals surface area contributed by atoms with Crippen molar-refractivity contribution in [3.63, 3.8) is 0 Å². The predicted molar refractivity (Wildman–Crippen MR) is 126 cm³/mol. The van der Waals surface area contributed by atoms with Crippen LogP contribution >= 0.6 is 0 Å². The summed E-state index contributed by atoms with van der Waals surface area (Å²) >= 11 is 0. The summed E-state index contributed by atoms with van der Waals surface area (Å²) in [6, 6.07) is 0. The molecule has 0 aromatic carbocycles. The molecule has 198 valence electrons. The molecule has 6 N–H and O–H groups in total. The van der Waals surface area contributed by atoms with Gasteiger partial charge in [-0.15, -0.1) is 0 Å². The predicted octanol–water partition coefficient (Wildman–Crippen LogP) is 0.699. The van der Waals surface area contributed by atoms with Crippen LogP contribution in [0.15, 0.2) is 11.6 Å². The summed E-state index contributed by atoms with van der Waals surface area (Å²) < 4.78 is 5.76. The Hall–Kier alpha value is -0.870. The van der Waals surface area contributed by atoms with E-state index >= 15 is 0 Å². The molecule has 3 unspecified atom stereocenters. The molecule has 1 aliphatic heterocycles. The van der Waals surface area contributed by atoms with E-state index in [0.717, 1.165) is 24.8 Å². The van der Waals surface area contributed by atoms with Crippen molar-refractivity contribution in [1.29, 1.82) is 0 Å². The van der Waals surface area contributed by atoms with Crippen molar-refractivity contribution in [2.24, 2.45) is 34.5 Å². The fraction of sp³-hybridized carbons (Fsp3) is 0.889. The molecule has 1 heterocycles. The Morgan fingerprint density at radius 1 is 1.09 bits per heavy atom. The molecule has 5 rings (SSSR count). The highest BCUT2D eigenvalue weighted by Crippen LogP contribution is 2.67. The number of hydrogen-bond acceptors (Lipinski definition) is 8. The minimum Gasteiger partial charge on any atom is -0.394 e. The molecule has 4 aliphatic carbocycles. The number of rotatable bonds is 3. The van der Waals surface area contributed by atoms with E-state index in [0.29, 0.717) is 25.2 Å². The van der Waals surface area contributed by atoms with E-state index in [-0.39, 0.29) is 40.8 Å². The smallest absolute Gasteiger partial charge is 0.133 e. The summed E-state index contributed by atoms with van der Waals surface area (Å²) in [5.41, 5.74) is -0.663. The Bertz CT molecular complexity index is 888. The van der Waals surface area contributed by atoms with Crippen LogP contribution in [0, 0.1) is 34.5 Å². The number of Topliss-reactive ketones (excluding diaryl/α,β-unsaturated/α-hetero) is 1.